The van der Waals surface area contributed by atoms with Crippen molar-refractivity contribution in [2.45, 2.75) is 63.5 Å². The summed E-state index contributed by atoms with van der Waals surface area (Å²) in [7, 11) is -6.29. The van der Waals surface area contributed by atoms with E-state index in [0.717, 1.165) is 37.1 Å². The molecular weight excluding hydrogens is 653 g/mol. The lowest BCUT2D eigenvalue weighted by atomic mass is 10.0. The van der Waals surface area contributed by atoms with Gasteiger partial charge < -0.3 is 15.6 Å². The molecule has 0 saturated heterocycles. The predicted molar refractivity (Wildman–Crippen MR) is 223 cm³/mol. The van der Waals surface area contributed by atoms with Gasteiger partial charge in [-0.3, -0.25) is 0 Å². The minimum absolute atomic E-state index is 0.230. The average Bonchev–Trinajstić information content (AvgIpc) is 3.16. The zero-order valence-corrected chi connectivity index (χ0v) is 32.6. The van der Waals surface area contributed by atoms with E-state index in [2.05, 4.69) is 173 Å². The molecule has 0 saturated carbocycles. The van der Waals surface area contributed by atoms with Crippen LogP contribution in [0.1, 0.15) is 51.7 Å². The van der Waals surface area contributed by atoms with Crippen LogP contribution in [-0.4, -0.2) is 16.6 Å². The SMILES string of the molecule is CC(C)(CCc1ccc(N)cc1)[Si](O[Si](c1ccccc1)(c1ccccc1)C(C)(C)CCc1ccc(N)cc1)(c1ccccc1)c1ccccc1. The van der Waals surface area contributed by atoms with Gasteiger partial charge in [0, 0.05) is 11.4 Å². The van der Waals surface area contributed by atoms with E-state index in [9.17, 15) is 0 Å². The Hall–Kier alpha value is -4.69. The highest BCUT2D eigenvalue weighted by Gasteiger charge is 2.62. The minimum atomic E-state index is -3.15. The molecule has 0 fully saturated rings. The summed E-state index contributed by atoms with van der Waals surface area (Å²) in [5.41, 5.74) is 16.4. The van der Waals surface area contributed by atoms with E-state index in [4.69, 9.17) is 15.6 Å². The number of benzene rings is 6. The van der Waals surface area contributed by atoms with Crippen molar-refractivity contribution in [2.75, 3.05) is 11.5 Å². The van der Waals surface area contributed by atoms with Crippen LogP contribution in [0.3, 0.4) is 0 Å². The number of rotatable bonds is 14. The lowest BCUT2D eigenvalue weighted by Gasteiger charge is -2.55. The van der Waals surface area contributed by atoms with Gasteiger partial charge in [-0.2, -0.15) is 0 Å². The fourth-order valence-electron chi connectivity index (χ4n) is 7.96. The molecule has 0 aromatic heterocycles. The topological polar surface area (TPSA) is 61.3 Å². The Labute approximate surface area is 307 Å². The summed E-state index contributed by atoms with van der Waals surface area (Å²) in [6, 6.07) is 61.5. The molecule has 3 nitrogen and oxygen atoms in total. The third-order valence-corrected chi connectivity index (χ3v) is 22.3. The van der Waals surface area contributed by atoms with Crippen molar-refractivity contribution in [1.29, 1.82) is 0 Å². The molecule has 0 heterocycles. The van der Waals surface area contributed by atoms with Crippen LogP contribution in [-0.2, 0) is 17.0 Å². The van der Waals surface area contributed by atoms with Crippen LogP contribution >= 0.6 is 0 Å². The fraction of sp³-hybridized carbons (Fsp3) is 0.217. The number of nitrogens with two attached hydrogens (primary N) is 2. The van der Waals surface area contributed by atoms with Gasteiger partial charge in [-0.25, -0.2) is 0 Å². The molecule has 6 aromatic rings. The van der Waals surface area contributed by atoms with E-state index in [0.29, 0.717) is 0 Å². The summed E-state index contributed by atoms with van der Waals surface area (Å²) in [6.07, 6.45) is 3.76. The van der Waals surface area contributed by atoms with E-state index in [1.54, 1.807) is 0 Å². The normalized spacial score (nSPS) is 12.5. The van der Waals surface area contributed by atoms with E-state index in [1.165, 1.54) is 31.9 Å². The molecule has 0 radical (unpaired) electrons. The molecule has 0 unspecified atom stereocenters. The molecule has 4 N–H and O–H groups in total. The zero-order valence-electron chi connectivity index (χ0n) is 30.6. The largest absolute Gasteiger partial charge is 0.441 e. The van der Waals surface area contributed by atoms with Crippen LogP contribution in [0.15, 0.2) is 170 Å². The maximum absolute atomic E-state index is 8.75. The smallest absolute Gasteiger partial charge is 0.251 e. The van der Waals surface area contributed by atoms with Gasteiger partial charge in [-0.1, -0.05) is 173 Å². The first-order valence-corrected chi connectivity index (χ1v) is 22.0. The van der Waals surface area contributed by atoms with Crippen molar-refractivity contribution in [3.63, 3.8) is 0 Å². The summed E-state index contributed by atoms with van der Waals surface area (Å²) in [5.74, 6) is 0. The molecule has 260 valence electrons. The molecule has 51 heavy (non-hydrogen) atoms. The Kier molecular flexibility index (Phi) is 10.8. The molecule has 0 atom stereocenters. The first-order valence-electron chi connectivity index (χ1n) is 18.2. The Morgan fingerprint density at radius 1 is 0.392 bits per heavy atom. The Balaban J connectivity index is 1.62. The summed E-state index contributed by atoms with van der Waals surface area (Å²) < 4.78 is 8.75. The maximum Gasteiger partial charge on any atom is 0.251 e. The molecule has 0 aliphatic carbocycles. The average molecular weight is 705 g/mol. The van der Waals surface area contributed by atoms with E-state index < -0.39 is 16.6 Å². The lowest BCUT2D eigenvalue weighted by molar-refractivity contribution is 0.432. The van der Waals surface area contributed by atoms with E-state index in [-0.39, 0.29) is 10.1 Å². The first kappa shape index (κ1) is 36.1. The van der Waals surface area contributed by atoms with Crippen molar-refractivity contribution in [3.8, 4) is 0 Å². The van der Waals surface area contributed by atoms with Crippen molar-refractivity contribution in [2.24, 2.45) is 0 Å². The molecule has 0 bridgehead atoms. The first-order chi connectivity index (χ1) is 24.6. The highest BCUT2D eigenvalue weighted by molar-refractivity contribution is 7.11. The molecule has 6 aromatic carbocycles. The van der Waals surface area contributed by atoms with Gasteiger partial charge in [0.25, 0.3) is 16.6 Å². The van der Waals surface area contributed by atoms with Crippen LogP contribution in [0.4, 0.5) is 11.4 Å². The molecule has 0 aliphatic heterocycles. The van der Waals surface area contributed by atoms with Crippen LogP contribution in [0, 0.1) is 0 Å². The van der Waals surface area contributed by atoms with Crippen molar-refractivity contribution in [1.82, 2.24) is 0 Å². The predicted octanol–water partition coefficient (Wildman–Crippen LogP) is 8.51. The van der Waals surface area contributed by atoms with E-state index in [1.807, 2.05) is 24.3 Å². The Morgan fingerprint density at radius 3 is 0.902 bits per heavy atom. The second-order valence-electron chi connectivity index (χ2n) is 15.2. The summed E-state index contributed by atoms with van der Waals surface area (Å²) in [6.45, 7) is 9.86. The van der Waals surface area contributed by atoms with Crippen LogP contribution in [0.25, 0.3) is 0 Å². The second-order valence-corrected chi connectivity index (χ2v) is 23.7. The van der Waals surface area contributed by atoms with Crippen LogP contribution < -0.4 is 32.2 Å². The number of nitrogen functional groups attached to an aromatic ring is 2. The van der Waals surface area contributed by atoms with Crippen LogP contribution in [0.5, 0.6) is 0 Å². The minimum Gasteiger partial charge on any atom is -0.441 e. The van der Waals surface area contributed by atoms with Gasteiger partial charge in [0.05, 0.1) is 0 Å². The van der Waals surface area contributed by atoms with Crippen molar-refractivity contribution in [3.05, 3.63) is 181 Å². The fourth-order valence-corrected chi connectivity index (χ4v) is 21.3. The van der Waals surface area contributed by atoms with Gasteiger partial charge in [0.1, 0.15) is 0 Å². The molecule has 5 heteroatoms. The molecule has 0 amide bonds. The second kappa shape index (κ2) is 15.3. The van der Waals surface area contributed by atoms with Crippen LogP contribution in [0.2, 0.25) is 10.1 Å². The quantitative estimate of drug-likeness (QED) is 0.0883. The van der Waals surface area contributed by atoms with Gasteiger partial charge in [0.2, 0.25) is 0 Å². The zero-order chi connectivity index (χ0) is 36.0. The lowest BCUT2D eigenvalue weighted by Crippen LogP contribution is -2.78. The van der Waals surface area contributed by atoms with Crippen molar-refractivity contribution < 1.29 is 4.12 Å². The maximum atomic E-state index is 8.75. The van der Waals surface area contributed by atoms with Gasteiger partial charge >= 0.3 is 0 Å². The Morgan fingerprint density at radius 2 is 0.647 bits per heavy atom. The highest BCUT2D eigenvalue weighted by atomic mass is 28.4. The third kappa shape index (κ3) is 7.38. The summed E-state index contributed by atoms with van der Waals surface area (Å²) in [4.78, 5) is 0. The molecule has 6 rings (SSSR count). The van der Waals surface area contributed by atoms with E-state index >= 15 is 0 Å². The standard InChI is InChI=1S/C46H52N2OSi2/c1-45(2,35-33-37-25-29-39(47)30-26-37)50(41-17-9-5-10-18-41,42-19-11-6-12-20-42)49-51(43-21-13-7-14-22-43,44-23-15-8-16-24-44)46(3,4)36-34-38-27-31-40(48)32-28-38/h5-32H,33-36,47-48H2,1-4H3. The van der Waals surface area contributed by atoms with Gasteiger partial charge in [0.15, 0.2) is 0 Å². The van der Waals surface area contributed by atoms with Gasteiger partial charge in [-0.05, 0) is 91.9 Å². The molecular formula is C46H52N2OSi2. The number of aryl methyl sites for hydroxylation is 2. The van der Waals surface area contributed by atoms with Crippen molar-refractivity contribution >= 4 is 48.8 Å². The summed E-state index contributed by atoms with van der Waals surface area (Å²) >= 11 is 0. The number of hydrogen-bond acceptors (Lipinski definition) is 3. The summed E-state index contributed by atoms with van der Waals surface area (Å²) in [5, 5.41) is 4.75. The van der Waals surface area contributed by atoms with Gasteiger partial charge in [-0.15, -0.1) is 0 Å². The number of hydrogen-bond donors (Lipinski definition) is 2. The Bertz CT molecular complexity index is 1740. The monoisotopic (exact) mass is 704 g/mol. The molecule has 0 aliphatic rings. The number of anilines is 2. The molecule has 0 spiro atoms. The third-order valence-electron chi connectivity index (χ3n) is 11.0. The highest BCUT2D eigenvalue weighted by Crippen LogP contribution is 2.49.